The third-order valence-corrected chi connectivity index (χ3v) is 13.7. The van der Waals surface area contributed by atoms with Crippen molar-refractivity contribution in [1.29, 1.82) is 0 Å². The second kappa shape index (κ2) is 15.8. The van der Waals surface area contributed by atoms with Crippen molar-refractivity contribution in [2.24, 2.45) is 0 Å². The van der Waals surface area contributed by atoms with Crippen molar-refractivity contribution in [1.82, 2.24) is 39.4 Å². The van der Waals surface area contributed by atoms with Gasteiger partial charge in [-0.05, 0) is 86.6 Å². The molecule has 320 valence electrons. The molecule has 4 aliphatic heterocycles. The highest BCUT2D eigenvalue weighted by atomic mass is 16.3. The Morgan fingerprint density at radius 1 is 0.919 bits per heavy atom. The van der Waals surface area contributed by atoms with E-state index in [0.29, 0.717) is 65.9 Å². The minimum absolute atomic E-state index is 0.137. The summed E-state index contributed by atoms with van der Waals surface area (Å²) in [6.07, 6.45) is 7.80. The number of pyridine rings is 1. The summed E-state index contributed by atoms with van der Waals surface area (Å²) in [7, 11) is 0. The molecule has 10 rings (SSSR count). The number of aryl methyl sites for hydroxylation is 1. The molecule has 1 aliphatic carbocycles. The molecule has 5 aliphatic rings. The van der Waals surface area contributed by atoms with Gasteiger partial charge < -0.3 is 25.1 Å². The van der Waals surface area contributed by atoms with E-state index in [1.54, 1.807) is 26.5 Å². The van der Waals surface area contributed by atoms with Gasteiger partial charge in [-0.25, -0.2) is 19.3 Å². The second-order valence-corrected chi connectivity index (χ2v) is 17.1. The Hall–Kier alpha value is -6.39. The molecule has 5 aromatic rings. The van der Waals surface area contributed by atoms with Gasteiger partial charge >= 0.3 is 0 Å². The molecule has 1 unspecified atom stereocenters. The van der Waals surface area contributed by atoms with Crippen LogP contribution in [0.1, 0.15) is 72.6 Å². The molecule has 3 aromatic heterocycles. The van der Waals surface area contributed by atoms with E-state index < -0.39 is 11.6 Å². The number of allylic oxidation sites excluding steroid dienone is 1. The minimum Gasteiger partial charge on any atom is -0.384 e. The first kappa shape index (κ1) is 39.7. The molecule has 2 atom stereocenters. The monoisotopic (exact) mass is 837 g/mol. The molecule has 3 amide bonds. The molecule has 3 fully saturated rings. The van der Waals surface area contributed by atoms with Gasteiger partial charge in [0, 0.05) is 92.7 Å². The number of piperazine rings is 1. The van der Waals surface area contributed by atoms with Crippen LogP contribution in [0.3, 0.4) is 0 Å². The number of carbonyl (C=O) groups is 3. The zero-order valence-electron chi connectivity index (χ0n) is 34.9. The van der Waals surface area contributed by atoms with Crippen LogP contribution in [-0.4, -0.2) is 108 Å². The fraction of sp³-hybridized carbons (Fsp3) is 0.413. The largest absolute Gasteiger partial charge is 0.384 e. The van der Waals surface area contributed by atoms with Gasteiger partial charge in [-0.3, -0.25) is 29.4 Å². The molecule has 0 radical (unpaired) electrons. The summed E-state index contributed by atoms with van der Waals surface area (Å²) in [5, 5.41) is 17.4. The molecule has 7 heterocycles. The van der Waals surface area contributed by atoms with Crippen LogP contribution in [0, 0.1) is 0 Å². The smallest absolute Gasteiger partial charge is 0.278 e. The van der Waals surface area contributed by atoms with Crippen molar-refractivity contribution in [2.45, 2.75) is 82.6 Å². The van der Waals surface area contributed by atoms with Gasteiger partial charge in [0.15, 0.2) is 11.5 Å². The number of amides is 3. The molecule has 0 bridgehead atoms. The van der Waals surface area contributed by atoms with E-state index in [0.717, 1.165) is 86.7 Å². The molecular formula is C46H51N11O5. The van der Waals surface area contributed by atoms with E-state index in [4.69, 9.17) is 9.97 Å². The van der Waals surface area contributed by atoms with Crippen LogP contribution in [0.2, 0.25) is 0 Å². The Balaban J connectivity index is 0.767. The van der Waals surface area contributed by atoms with Crippen LogP contribution in [0.4, 0.5) is 23.0 Å². The second-order valence-electron chi connectivity index (χ2n) is 17.1. The van der Waals surface area contributed by atoms with Gasteiger partial charge in [0.05, 0.1) is 12.2 Å². The fourth-order valence-corrected chi connectivity index (χ4v) is 10.2. The summed E-state index contributed by atoms with van der Waals surface area (Å²) in [6, 6.07) is 17.9. The molecule has 16 nitrogen and oxygen atoms in total. The van der Waals surface area contributed by atoms with Crippen LogP contribution in [0.25, 0.3) is 16.9 Å². The lowest BCUT2D eigenvalue weighted by molar-refractivity contribution is -0.136. The summed E-state index contributed by atoms with van der Waals surface area (Å²) < 4.78 is 3.24. The zero-order valence-corrected chi connectivity index (χ0v) is 34.9. The topological polar surface area (TPSA) is 174 Å². The number of hydrogen-bond acceptors (Lipinski definition) is 12. The predicted molar refractivity (Wildman–Crippen MR) is 235 cm³/mol. The molecule has 0 spiro atoms. The van der Waals surface area contributed by atoms with Gasteiger partial charge in [0.1, 0.15) is 17.0 Å². The van der Waals surface area contributed by atoms with Crippen LogP contribution in [0.15, 0.2) is 78.2 Å². The SMILES string of the molecule is C=CCn1c(=O)c2cnc(Nc3ccc(N4CCN(C5CCN(c6cccc7c6CN(C6CCC(=O)NC6=O)C7=O)CC5)CC4)cc3)nc2n1-c1ccc2c(n1)[C@@](O)(CC)CC2. The molecule has 16 heteroatoms. The number of carbonyl (C=O) groups excluding carboxylic acids is 3. The lowest BCUT2D eigenvalue weighted by atomic mass is 9.98. The van der Waals surface area contributed by atoms with Crippen LogP contribution < -0.4 is 26.0 Å². The fourth-order valence-electron chi connectivity index (χ4n) is 10.2. The van der Waals surface area contributed by atoms with Crippen molar-refractivity contribution >= 4 is 51.8 Å². The number of fused-ring (bicyclic) bond motifs is 3. The molecule has 3 saturated heterocycles. The normalized spacial score (nSPS) is 22.0. The van der Waals surface area contributed by atoms with Crippen LogP contribution >= 0.6 is 0 Å². The van der Waals surface area contributed by atoms with Crippen molar-refractivity contribution in [3.8, 4) is 5.82 Å². The van der Waals surface area contributed by atoms with Gasteiger partial charge in [0.25, 0.3) is 11.5 Å². The molecule has 0 saturated carbocycles. The Labute approximate surface area is 358 Å². The lowest BCUT2D eigenvalue weighted by Crippen LogP contribution is -2.53. The highest BCUT2D eigenvalue weighted by Crippen LogP contribution is 2.39. The van der Waals surface area contributed by atoms with Crippen molar-refractivity contribution in [2.75, 3.05) is 54.4 Å². The quantitative estimate of drug-likeness (QED) is 0.137. The summed E-state index contributed by atoms with van der Waals surface area (Å²) in [4.78, 5) is 74.6. The van der Waals surface area contributed by atoms with E-state index in [2.05, 4.69) is 55.1 Å². The Morgan fingerprint density at radius 2 is 1.71 bits per heavy atom. The third-order valence-electron chi connectivity index (χ3n) is 13.7. The average Bonchev–Trinajstić information content (AvgIpc) is 3.91. The van der Waals surface area contributed by atoms with E-state index >= 15 is 0 Å². The number of piperidine rings is 2. The van der Waals surface area contributed by atoms with Crippen molar-refractivity contribution in [3.63, 3.8) is 0 Å². The molecule has 62 heavy (non-hydrogen) atoms. The number of imide groups is 1. The maximum Gasteiger partial charge on any atom is 0.278 e. The Kier molecular flexibility index (Phi) is 10.1. The lowest BCUT2D eigenvalue weighted by Gasteiger charge is -2.44. The van der Waals surface area contributed by atoms with Gasteiger partial charge in [-0.15, -0.1) is 6.58 Å². The van der Waals surface area contributed by atoms with E-state index in [-0.39, 0.29) is 36.2 Å². The first-order valence-electron chi connectivity index (χ1n) is 21.8. The number of aliphatic hydroxyl groups is 1. The summed E-state index contributed by atoms with van der Waals surface area (Å²) in [6.45, 7) is 12.0. The summed E-state index contributed by atoms with van der Waals surface area (Å²) in [5.74, 6) is 0.0422. The summed E-state index contributed by atoms with van der Waals surface area (Å²) in [5.41, 5.74) is 5.50. The first-order chi connectivity index (χ1) is 30.1. The summed E-state index contributed by atoms with van der Waals surface area (Å²) >= 11 is 0. The van der Waals surface area contributed by atoms with Crippen LogP contribution in [-0.2, 0) is 34.7 Å². The number of nitrogens with zero attached hydrogens (tertiary/aromatic N) is 9. The number of hydrogen-bond donors (Lipinski definition) is 3. The highest BCUT2D eigenvalue weighted by molar-refractivity contribution is 6.06. The predicted octanol–water partition coefficient (Wildman–Crippen LogP) is 4.00. The third kappa shape index (κ3) is 6.90. The molecular weight excluding hydrogens is 787 g/mol. The van der Waals surface area contributed by atoms with Crippen molar-refractivity contribution < 1.29 is 19.5 Å². The van der Waals surface area contributed by atoms with Crippen molar-refractivity contribution in [3.05, 3.63) is 106 Å². The number of rotatable bonds is 10. The van der Waals surface area contributed by atoms with Crippen LogP contribution in [0.5, 0.6) is 0 Å². The molecule has 2 aromatic carbocycles. The molecule has 3 N–H and O–H groups in total. The van der Waals surface area contributed by atoms with Gasteiger partial charge in [0.2, 0.25) is 17.8 Å². The minimum atomic E-state index is -0.999. The highest BCUT2D eigenvalue weighted by Gasteiger charge is 2.41. The zero-order chi connectivity index (χ0) is 42.7. The maximum atomic E-state index is 13.6. The maximum absolute atomic E-state index is 13.6. The first-order valence-corrected chi connectivity index (χ1v) is 21.8. The number of nitrogens with one attached hydrogen (secondary N) is 2. The Bertz CT molecular complexity index is 2660. The number of benzene rings is 2. The van der Waals surface area contributed by atoms with Gasteiger partial charge in [-0.1, -0.05) is 25.1 Å². The van der Waals surface area contributed by atoms with E-state index in [1.165, 1.54) is 0 Å². The average molecular weight is 838 g/mol. The van der Waals surface area contributed by atoms with Gasteiger partial charge in [-0.2, -0.15) is 4.98 Å². The van der Waals surface area contributed by atoms with E-state index in [9.17, 15) is 24.3 Å². The number of anilines is 4. The standard InChI is InChI=1S/C46H51N11O5/c1-3-20-56-44(61)34-27-47-45(51-41(34)57(56)38-14-8-29-16-19-46(62,4-2)40(29)49-38)48-30-9-11-31(12-10-30)52-23-25-53(26-24-52)32-17-21-54(22-18-32)36-7-5-6-33-35(36)28-55(43(33)60)37-13-15-39(58)50-42(37)59/h3,5-12,14,27,32,37,62H,1,4,13,15-26,28H2,2H3,(H,47,48,51)(H,50,58,59)/t37?,46-/m1/s1. The number of aromatic nitrogens is 5. The van der Waals surface area contributed by atoms with E-state index in [1.807, 2.05) is 43.3 Å². The Morgan fingerprint density at radius 3 is 2.45 bits per heavy atom.